The lowest BCUT2D eigenvalue weighted by Gasteiger charge is -2.46. The van der Waals surface area contributed by atoms with Crippen LogP contribution in [0.25, 0.3) is 0 Å². The highest BCUT2D eigenvalue weighted by molar-refractivity contribution is 6.99. The summed E-state index contributed by atoms with van der Waals surface area (Å²) in [6.07, 6.45) is -2.35. The van der Waals surface area contributed by atoms with Crippen LogP contribution in [0, 0.1) is 0 Å². The Morgan fingerprint density at radius 3 is 1.77 bits per heavy atom. The number of esters is 1. The summed E-state index contributed by atoms with van der Waals surface area (Å²) >= 11 is 0. The van der Waals surface area contributed by atoms with Gasteiger partial charge in [0.25, 0.3) is 8.32 Å². The van der Waals surface area contributed by atoms with E-state index in [1.807, 2.05) is 66.7 Å². The molecule has 0 aliphatic heterocycles. The van der Waals surface area contributed by atoms with Gasteiger partial charge >= 0.3 is 5.97 Å². The SMILES string of the molecule is C=C[C@@H](O)[C@H](O)[C@@H](COC(=O)c1ccccc1)O[Si](c1ccccc1)(c1ccccc1)C(C)(C)C. The molecular formula is C29H34O5Si. The van der Waals surface area contributed by atoms with Crippen molar-refractivity contribution in [2.75, 3.05) is 6.61 Å². The molecule has 0 saturated carbocycles. The first-order valence-electron chi connectivity index (χ1n) is 11.7. The van der Waals surface area contributed by atoms with Crippen LogP contribution >= 0.6 is 0 Å². The van der Waals surface area contributed by atoms with Crippen molar-refractivity contribution in [2.24, 2.45) is 0 Å². The number of aliphatic hydroxyl groups is 2. The van der Waals surface area contributed by atoms with Gasteiger partial charge in [0.15, 0.2) is 0 Å². The maximum atomic E-state index is 12.7. The van der Waals surface area contributed by atoms with Gasteiger partial charge in [-0.05, 0) is 27.5 Å². The van der Waals surface area contributed by atoms with Gasteiger partial charge in [-0.25, -0.2) is 4.79 Å². The van der Waals surface area contributed by atoms with Gasteiger partial charge in [-0.15, -0.1) is 6.58 Å². The minimum absolute atomic E-state index is 0.232. The zero-order chi connectivity index (χ0) is 25.5. The van der Waals surface area contributed by atoms with E-state index in [0.29, 0.717) is 5.56 Å². The predicted molar refractivity (Wildman–Crippen MR) is 141 cm³/mol. The number of aliphatic hydroxyl groups excluding tert-OH is 2. The fourth-order valence-corrected chi connectivity index (χ4v) is 8.97. The molecule has 3 rings (SSSR count). The molecule has 0 aromatic heterocycles. The number of carbonyl (C=O) groups is 1. The smallest absolute Gasteiger partial charge is 0.338 e. The Morgan fingerprint density at radius 1 is 0.886 bits per heavy atom. The minimum atomic E-state index is -3.08. The van der Waals surface area contributed by atoms with Crippen molar-refractivity contribution >= 4 is 24.7 Å². The van der Waals surface area contributed by atoms with Crippen LogP contribution in [0.15, 0.2) is 104 Å². The summed E-state index contributed by atoms with van der Waals surface area (Å²) in [5.74, 6) is -0.526. The Kier molecular flexibility index (Phi) is 8.80. The molecule has 2 N–H and O–H groups in total. The highest BCUT2D eigenvalue weighted by Crippen LogP contribution is 2.38. The van der Waals surface area contributed by atoms with Crippen LogP contribution in [-0.2, 0) is 9.16 Å². The van der Waals surface area contributed by atoms with Gasteiger partial charge in [0.05, 0.1) is 5.56 Å². The maximum absolute atomic E-state index is 12.7. The molecule has 35 heavy (non-hydrogen) atoms. The summed E-state index contributed by atoms with van der Waals surface area (Å²) in [5, 5.41) is 23.2. The van der Waals surface area contributed by atoms with Crippen LogP contribution in [0.4, 0.5) is 0 Å². The fraction of sp³-hybridized carbons (Fsp3) is 0.276. The first kappa shape index (κ1) is 26.6. The molecule has 6 heteroatoms. The summed E-state index contributed by atoms with van der Waals surface area (Å²) in [7, 11) is -3.08. The molecule has 0 spiro atoms. The number of benzene rings is 3. The monoisotopic (exact) mass is 490 g/mol. The lowest BCUT2D eigenvalue weighted by Crippen LogP contribution is -2.69. The lowest BCUT2D eigenvalue weighted by molar-refractivity contribution is -0.0587. The van der Waals surface area contributed by atoms with Crippen LogP contribution in [0.1, 0.15) is 31.1 Å². The topological polar surface area (TPSA) is 76.0 Å². The van der Waals surface area contributed by atoms with Gasteiger partial charge in [0.1, 0.15) is 24.9 Å². The molecule has 0 saturated heterocycles. The highest BCUT2D eigenvalue weighted by Gasteiger charge is 2.52. The third-order valence-corrected chi connectivity index (χ3v) is 11.2. The van der Waals surface area contributed by atoms with Crippen molar-refractivity contribution in [1.29, 1.82) is 0 Å². The second-order valence-corrected chi connectivity index (χ2v) is 13.8. The number of ether oxygens (including phenoxy) is 1. The molecule has 0 amide bonds. The van der Waals surface area contributed by atoms with E-state index in [1.54, 1.807) is 24.3 Å². The zero-order valence-electron chi connectivity index (χ0n) is 20.5. The Hall–Kier alpha value is -3.03. The molecular weight excluding hydrogens is 456 g/mol. The molecule has 0 unspecified atom stereocenters. The van der Waals surface area contributed by atoms with Crippen molar-refractivity contribution in [2.45, 2.75) is 44.1 Å². The quantitative estimate of drug-likeness (QED) is 0.258. The molecule has 0 aliphatic carbocycles. The van der Waals surface area contributed by atoms with Crippen LogP contribution in [0.2, 0.25) is 5.04 Å². The average molecular weight is 491 g/mol. The van der Waals surface area contributed by atoms with Gasteiger partial charge in [-0.2, -0.15) is 0 Å². The first-order valence-corrected chi connectivity index (χ1v) is 13.6. The molecule has 0 heterocycles. The van der Waals surface area contributed by atoms with Crippen LogP contribution < -0.4 is 10.4 Å². The molecule has 5 nitrogen and oxygen atoms in total. The third kappa shape index (κ3) is 5.97. The molecule has 3 aromatic rings. The van der Waals surface area contributed by atoms with Crippen molar-refractivity contribution in [3.05, 3.63) is 109 Å². The minimum Gasteiger partial charge on any atom is -0.459 e. The molecule has 0 aliphatic rings. The van der Waals surface area contributed by atoms with Gasteiger partial charge in [0.2, 0.25) is 0 Å². The van der Waals surface area contributed by atoms with Crippen molar-refractivity contribution in [3.63, 3.8) is 0 Å². The third-order valence-electron chi connectivity index (χ3n) is 6.11. The van der Waals surface area contributed by atoms with Crippen molar-refractivity contribution in [3.8, 4) is 0 Å². The number of carbonyl (C=O) groups excluding carboxylic acids is 1. The van der Waals surface area contributed by atoms with E-state index in [1.165, 1.54) is 6.08 Å². The summed E-state index contributed by atoms with van der Waals surface area (Å²) in [5.41, 5.74) is 0.399. The Bertz CT molecular complexity index is 1040. The number of hydrogen-bond donors (Lipinski definition) is 2. The molecule has 0 bridgehead atoms. The summed E-state index contributed by atoms with van der Waals surface area (Å²) < 4.78 is 12.5. The van der Waals surface area contributed by atoms with Crippen molar-refractivity contribution < 1.29 is 24.2 Å². The molecule has 3 atom stereocenters. The van der Waals surface area contributed by atoms with Crippen LogP contribution in [0.3, 0.4) is 0 Å². The van der Waals surface area contributed by atoms with E-state index in [4.69, 9.17) is 9.16 Å². The molecule has 3 aromatic carbocycles. The molecule has 184 valence electrons. The number of rotatable bonds is 10. The van der Waals surface area contributed by atoms with Gasteiger partial charge in [0, 0.05) is 0 Å². The standard InChI is InChI=1S/C29H34O5Si/c1-5-25(30)27(31)26(21-33-28(32)22-15-9-6-10-16-22)34-35(29(2,3)4,23-17-11-7-12-18-23)24-19-13-8-14-20-24/h5-20,25-27,30-31H,1,21H2,2-4H3/t25-,26-,27+/m1/s1. The Morgan fingerprint density at radius 2 is 1.34 bits per heavy atom. The molecule has 0 fully saturated rings. The first-order chi connectivity index (χ1) is 16.7. The summed E-state index contributed by atoms with van der Waals surface area (Å²) in [6.45, 7) is 9.72. The Balaban J connectivity index is 2.07. The summed E-state index contributed by atoms with van der Waals surface area (Å²) in [6, 6.07) is 28.6. The Labute approximate surface area is 208 Å². The van der Waals surface area contributed by atoms with Gasteiger partial charge in [-0.3, -0.25) is 0 Å². The van der Waals surface area contributed by atoms with Crippen LogP contribution in [0.5, 0.6) is 0 Å². The van der Waals surface area contributed by atoms with E-state index in [2.05, 4.69) is 27.4 Å². The summed E-state index contributed by atoms with van der Waals surface area (Å²) in [4.78, 5) is 12.7. The number of hydrogen-bond acceptors (Lipinski definition) is 5. The zero-order valence-corrected chi connectivity index (χ0v) is 21.5. The second-order valence-electron chi connectivity index (χ2n) is 9.50. The second kappa shape index (κ2) is 11.6. The van der Waals surface area contributed by atoms with E-state index in [0.717, 1.165) is 10.4 Å². The van der Waals surface area contributed by atoms with Crippen LogP contribution in [-0.4, -0.2) is 49.4 Å². The molecule has 0 radical (unpaired) electrons. The van der Waals surface area contributed by atoms with Gasteiger partial charge < -0.3 is 19.4 Å². The van der Waals surface area contributed by atoms with E-state index >= 15 is 0 Å². The fourth-order valence-electron chi connectivity index (χ4n) is 4.30. The van der Waals surface area contributed by atoms with Gasteiger partial charge in [-0.1, -0.05) is 106 Å². The lowest BCUT2D eigenvalue weighted by atomic mass is 10.1. The largest absolute Gasteiger partial charge is 0.459 e. The highest BCUT2D eigenvalue weighted by atomic mass is 28.4. The van der Waals surface area contributed by atoms with Crippen molar-refractivity contribution in [1.82, 2.24) is 0 Å². The van der Waals surface area contributed by atoms with E-state index in [-0.39, 0.29) is 11.6 Å². The maximum Gasteiger partial charge on any atom is 0.338 e. The van der Waals surface area contributed by atoms with E-state index in [9.17, 15) is 15.0 Å². The normalized spacial score (nSPS) is 14.5. The average Bonchev–Trinajstić information content (AvgIpc) is 2.88. The van der Waals surface area contributed by atoms with E-state index < -0.39 is 32.6 Å². The predicted octanol–water partition coefficient (Wildman–Crippen LogP) is 3.70.